The van der Waals surface area contributed by atoms with Gasteiger partial charge in [-0.05, 0) is 20.3 Å². The zero-order chi connectivity index (χ0) is 11.8. The third kappa shape index (κ3) is 5.52. The second kappa shape index (κ2) is 7.40. The standard InChI is InChI=1S/C10H15ClO4/c1-3-15-10(14)8(9(13)6-11)5-4-7(2)12/h8H,3-6H2,1-2H3. The van der Waals surface area contributed by atoms with Crippen molar-refractivity contribution in [2.75, 3.05) is 12.5 Å². The third-order valence-electron chi connectivity index (χ3n) is 1.88. The van der Waals surface area contributed by atoms with E-state index in [-0.39, 0.29) is 31.1 Å². The molecule has 0 heterocycles. The smallest absolute Gasteiger partial charge is 0.316 e. The minimum atomic E-state index is -0.897. The maximum atomic E-state index is 11.3. The molecule has 5 heteroatoms. The van der Waals surface area contributed by atoms with Gasteiger partial charge in [0.2, 0.25) is 0 Å². The average molecular weight is 235 g/mol. The second-order valence-electron chi connectivity index (χ2n) is 3.15. The number of carbonyl (C=O) groups excluding carboxylic acids is 3. The molecule has 1 unspecified atom stereocenters. The molecule has 0 fully saturated rings. The lowest BCUT2D eigenvalue weighted by molar-refractivity contribution is -0.151. The lowest BCUT2D eigenvalue weighted by Crippen LogP contribution is -2.27. The molecule has 15 heavy (non-hydrogen) atoms. The third-order valence-corrected chi connectivity index (χ3v) is 2.14. The highest BCUT2D eigenvalue weighted by Gasteiger charge is 2.26. The fraction of sp³-hybridized carbons (Fsp3) is 0.700. The molecule has 0 bridgehead atoms. The largest absolute Gasteiger partial charge is 0.465 e. The van der Waals surface area contributed by atoms with E-state index in [4.69, 9.17) is 16.3 Å². The Hall–Kier alpha value is -0.900. The van der Waals surface area contributed by atoms with Crippen LogP contribution in [0.3, 0.4) is 0 Å². The van der Waals surface area contributed by atoms with Crippen LogP contribution in [-0.4, -0.2) is 30.0 Å². The first-order valence-corrected chi connectivity index (χ1v) is 5.31. The molecule has 0 aliphatic rings. The normalized spacial score (nSPS) is 11.9. The van der Waals surface area contributed by atoms with Crippen molar-refractivity contribution < 1.29 is 19.1 Å². The van der Waals surface area contributed by atoms with Gasteiger partial charge in [0.05, 0.1) is 12.5 Å². The monoisotopic (exact) mass is 234 g/mol. The summed E-state index contributed by atoms with van der Waals surface area (Å²) < 4.78 is 4.73. The van der Waals surface area contributed by atoms with Crippen molar-refractivity contribution in [1.29, 1.82) is 0 Å². The van der Waals surface area contributed by atoms with Crippen LogP contribution in [-0.2, 0) is 19.1 Å². The molecular formula is C10H15ClO4. The van der Waals surface area contributed by atoms with Gasteiger partial charge < -0.3 is 9.53 Å². The Kier molecular flexibility index (Phi) is 6.96. The van der Waals surface area contributed by atoms with Crippen molar-refractivity contribution in [3.05, 3.63) is 0 Å². The molecule has 0 saturated heterocycles. The summed E-state index contributed by atoms with van der Waals surface area (Å²) in [6.45, 7) is 3.28. The maximum Gasteiger partial charge on any atom is 0.316 e. The van der Waals surface area contributed by atoms with Gasteiger partial charge in [-0.2, -0.15) is 0 Å². The molecule has 0 saturated carbocycles. The fourth-order valence-electron chi connectivity index (χ4n) is 1.09. The zero-order valence-corrected chi connectivity index (χ0v) is 9.67. The van der Waals surface area contributed by atoms with Gasteiger partial charge in [-0.3, -0.25) is 9.59 Å². The lowest BCUT2D eigenvalue weighted by atomic mass is 9.98. The van der Waals surface area contributed by atoms with Crippen LogP contribution in [0.25, 0.3) is 0 Å². The van der Waals surface area contributed by atoms with Gasteiger partial charge in [-0.15, -0.1) is 11.6 Å². The molecule has 0 N–H and O–H groups in total. The van der Waals surface area contributed by atoms with E-state index in [1.165, 1.54) is 6.92 Å². The first-order chi connectivity index (χ1) is 7.02. The van der Waals surface area contributed by atoms with Gasteiger partial charge in [0.15, 0.2) is 5.78 Å². The van der Waals surface area contributed by atoms with Gasteiger partial charge in [-0.1, -0.05) is 0 Å². The molecule has 0 aromatic carbocycles. The van der Waals surface area contributed by atoms with Gasteiger partial charge in [0.1, 0.15) is 11.7 Å². The molecule has 0 aromatic rings. The van der Waals surface area contributed by atoms with Crippen LogP contribution in [0.15, 0.2) is 0 Å². The Morgan fingerprint density at radius 2 is 1.93 bits per heavy atom. The Morgan fingerprint density at radius 1 is 1.33 bits per heavy atom. The molecule has 1 atom stereocenters. The van der Waals surface area contributed by atoms with Gasteiger partial charge in [0, 0.05) is 6.42 Å². The second-order valence-corrected chi connectivity index (χ2v) is 3.41. The Balaban J connectivity index is 4.36. The summed E-state index contributed by atoms with van der Waals surface area (Å²) in [5.41, 5.74) is 0. The molecule has 0 spiro atoms. The average Bonchev–Trinajstić information content (AvgIpc) is 2.17. The van der Waals surface area contributed by atoms with Crippen LogP contribution < -0.4 is 0 Å². The van der Waals surface area contributed by atoms with Crippen molar-refractivity contribution in [2.24, 2.45) is 5.92 Å². The summed E-state index contributed by atoms with van der Waals surface area (Å²) in [5, 5.41) is 0. The SMILES string of the molecule is CCOC(=O)C(CCC(C)=O)C(=O)CCl. The highest BCUT2D eigenvalue weighted by Crippen LogP contribution is 2.12. The number of hydrogen-bond acceptors (Lipinski definition) is 4. The van der Waals surface area contributed by atoms with Crippen LogP contribution in [0.5, 0.6) is 0 Å². The first-order valence-electron chi connectivity index (χ1n) is 4.77. The Morgan fingerprint density at radius 3 is 2.33 bits per heavy atom. The summed E-state index contributed by atoms with van der Waals surface area (Å²) in [4.78, 5) is 33.4. The number of hydrogen-bond donors (Lipinski definition) is 0. The van der Waals surface area contributed by atoms with E-state index in [1.807, 2.05) is 0 Å². The number of halogens is 1. The van der Waals surface area contributed by atoms with Crippen molar-refractivity contribution in [3.8, 4) is 0 Å². The quantitative estimate of drug-likeness (QED) is 0.379. The molecular weight excluding hydrogens is 220 g/mol. The molecule has 0 amide bonds. The number of esters is 1. The van der Waals surface area contributed by atoms with Crippen molar-refractivity contribution >= 4 is 29.1 Å². The predicted octanol–water partition coefficient (Wildman–Crippen LogP) is 1.34. The van der Waals surface area contributed by atoms with Crippen molar-refractivity contribution in [3.63, 3.8) is 0 Å². The molecule has 0 radical (unpaired) electrons. The predicted molar refractivity (Wildman–Crippen MR) is 55.8 cm³/mol. The first kappa shape index (κ1) is 14.1. The van der Waals surface area contributed by atoms with E-state index >= 15 is 0 Å². The minimum Gasteiger partial charge on any atom is -0.465 e. The molecule has 4 nitrogen and oxygen atoms in total. The fourth-order valence-corrected chi connectivity index (χ4v) is 1.28. The molecule has 0 aliphatic carbocycles. The van der Waals surface area contributed by atoms with Gasteiger partial charge >= 0.3 is 5.97 Å². The molecule has 0 rings (SSSR count). The number of carbonyl (C=O) groups is 3. The summed E-state index contributed by atoms with van der Waals surface area (Å²) in [7, 11) is 0. The highest BCUT2D eigenvalue weighted by atomic mass is 35.5. The highest BCUT2D eigenvalue weighted by molar-refractivity contribution is 6.29. The van der Waals surface area contributed by atoms with Crippen LogP contribution in [0.4, 0.5) is 0 Å². The van der Waals surface area contributed by atoms with Crippen LogP contribution >= 0.6 is 11.6 Å². The van der Waals surface area contributed by atoms with E-state index in [2.05, 4.69) is 0 Å². The van der Waals surface area contributed by atoms with E-state index < -0.39 is 17.7 Å². The maximum absolute atomic E-state index is 11.3. The van der Waals surface area contributed by atoms with Crippen molar-refractivity contribution in [1.82, 2.24) is 0 Å². The number of Topliss-reactive ketones (excluding diaryl/α,β-unsaturated/α-hetero) is 2. The zero-order valence-electron chi connectivity index (χ0n) is 8.92. The van der Waals surface area contributed by atoms with E-state index in [0.29, 0.717) is 0 Å². The summed E-state index contributed by atoms with van der Waals surface area (Å²) in [6.07, 6.45) is 0.367. The van der Waals surface area contributed by atoms with E-state index in [1.54, 1.807) is 6.92 Å². The van der Waals surface area contributed by atoms with E-state index in [9.17, 15) is 14.4 Å². The van der Waals surface area contributed by atoms with Crippen LogP contribution in [0, 0.1) is 5.92 Å². The summed E-state index contributed by atoms with van der Waals surface area (Å²) in [5.74, 6) is -2.18. The van der Waals surface area contributed by atoms with Gasteiger partial charge in [-0.25, -0.2) is 0 Å². The van der Waals surface area contributed by atoms with Gasteiger partial charge in [0.25, 0.3) is 0 Å². The summed E-state index contributed by atoms with van der Waals surface area (Å²) in [6, 6.07) is 0. The summed E-state index contributed by atoms with van der Waals surface area (Å²) >= 11 is 5.36. The number of alkyl halides is 1. The molecule has 86 valence electrons. The molecule has 0 aromatic heterocycles. The number of ether oxygens (including phenoxy) is 1. The topological polar surface area (TPSA) is 60.4 Å². The van der Waals surface area contributed by atoms with Crippen LogP contribution in [0.2, 0.25) is 0 Å². The lowest BCUT2D eigenvalue weighted by Gasteiger charge is -2.11. The van der Waals surface area contributed by atoms with Crippen LogP contribution in [0.1, 0.15) is 26.7 Å². The number of rotatable bonds is 7. The molecule has 0 aliphatic heterocycles. The Bertz CT molecular complexity index is 250. The number of ketones is 2. The van der Waals surface area contributed by atoms with Crippen molar-refractivity contribution in [2.45, 2.75) is 26.7 Å². The Labute approximate surface area is 93.9 Å². The minimum absolute atomic E-state index is 0.0633. The van der Waals surface area contributed by atoms with E-state index in [0.717, 1.165) is 0 Å².